The largest absolute Gasteiger partial charge is 0.490 e. The number of rotatable bonds is 7. The summed E-state index contributed by atoms with van der Waals surface area (Å²) in [7, 11) is -3.72. The zero-order valence-corrected chi connectivity index (χ0v) is 18.8. The summed E-state index contributed by atoms with van der Waals surface area (Å²) in [6.07, 6.45) is 2.21. The van der Waals surface area contributed by atoms with Crippen molar-refractivity contribution in [3.63, 3.8) is 0 Å². The monoisotopic (exact) mass is 454 g/mol. The van der Waals surface area contributed by atoms with E-state index in [1.165, 1.54) is 16.4 Å². The van der Waals surface area contributed by atoms with Gasteiger partial charge >= 0.3 is 5.97 Å². The van der Waals surface area contributed by atoms with Gasteiger partial charge in [-0.05, 0) is 38.3 Å². The van der Waals surface area contributed by atoms with E-state index in [1.54, 1.807) is 6.07 Å². The number of hydrogen-bond donors (Lipinski definition) is 1. The Labute approximate surface area is 183 Å². The maximum absolute atomic E-state index is 13.0. The van der Waals surface area contributed by atoms with Crippen molar-refractivity contribution in [2.24, 2.45) is 5.92 Å². The summed E-state index contributed by atoms with van der Waals surface area (Å²) >= 11 is 0. The minimum atomic E-state index is -3.72. The van der Waals surface area contributed by atoms with Crippen LogP contribution >= 0.6 is 0 Å². The van der Waals surface area contributed by atoms with Crippen LogP contribution in [-0.4, -0.2) is 63.6 Å². The third-order valence-electron chi connectivity index (χ3n) is 5.51. The van der Waals surface area contributed by atoms with Crippen molar-refractivity contribution >= 4 is 21.9 Å². The minimum Gasteiger partial charge on any atom is -0.490 e. The first kappa shape index (κ1) is 23.3. The number of nitrogens with zero attached hydrogens (tertiary/aromatic N) is 1. The molecule has 1 atom stereocenters. The first-order valence-corrected chi connectivity index (χ1v) is 12.1. The Morgan fingerprint density at radius 2 is 1.87 bits per heavy atom. The molecule has 1 aromatic carbocycles. The molecule has 1 amide bonds. The van der Waals surface area contributed by atoms with Crippen molar-refractivity contribution in [2.75, 3.05) is 32.9 Å². The van der Waals surface area contributed by atoms with E-state index in [2.05, 4.69) is 5.32 Å². The molecular weight excluding hydrogens is 424 g/mol. The highest BCUT2D eigenvalue weighted by Crippen LogP contribution is 2.33. The Bertz CT molecular complexity index is 895. The summed E-state index contributed by atoms with van der Waals surface area (Å²) in [6.45, 7) is 4.91. The molecule has 0 aromatic heterocycles. The van der Waals surface area contributed by atoms with Crippen LogP contribution in [0.25, 0.3) is 0 Å². The smallest absolute Gasteiger partial charge is 0.309 e. The first-order valence-electron chi connectivity index (χ1n) is 10.7. The van der Waals surface area contributed by atoms with Crippen LogP contribution in [0.15, 0.2) is 23.1 Å². The van der Waals surface area contributed by atoms with Crippen molar-refractivity contribution in [1.82, 2.24) is 9.62 Å². The molecule has 2 aliphatic rings. The number of ether oxygens (including phenoxy) is 3. The Morgan fingerprint density at radius 1 is 1.19 bits per heavy atom. The van der Waals surface area contributed by atoms with Crippen LogP contribution in [0.1, 0.15) is 39.5 Å². The lowest BCUT2D eigenvalue weighted by molar-refractivity contribution is -0.153. The van der Waals surface area contributed by atoms with E-state index in [0.29, 0.717) is 37.6 Å². The van der Waals surface area contributed by atoms with E-state index >= 15 is 0 Å². The molecule has 2 heterocycles. The van der Waals surface area contributed by atoms with E-state index in [-0.39, 0.29) is 36.5 Å². The minimum absolute atomic E-state index is 0.0181. The van der Waals surface area contributed by atoms with Crippen molar-refractivity contribution in [3.8, 4) is 11.5 Å². The highest BCUT2D eigenvalue weighted by Gasteiger charge is 2.33. The molecule has 1 saturated heterocycles. The van der Waals surface area contributed by atoms with Gasteiger partial charge in [-0.2, -0.15) is 4.31 Å². The lowest BCUT2D eigenvalue weighted by Gasteiger charge is -2.30. The number of piperidine rings is 1. The molecule has 31 heavy (non-hydrogen) atoms. The van der Waals surface area contributed by atoms with Gasteiger partial charge in [0.15, 0.2) is 18.1 Å². The molecule has 9 nitrogen and oxygen atoms in total. The molecule has 1 N–H and O–H groups in total. The van der Waals surface area contributed by atoms with E-state index in [0.717, 1.165) is 12.8 Å². The van der Waals surface area contributed by atoms with Crippen LogP contribution in [0.5, 0.6) is 11.5 Å². The number of sulfonamides is 1. The van der Waals surface area contributed by atoms with E-state index in [9.17, 15) is 18.0 Å². The lowest BCUT2D eigenvalue weighted by Crippen LogP contribution is -2.41. The highest BCUT2D eigenvalue weighted by molar-refractivity contribution is 7.89. The second kappa shape index (κ2) is 10.3. The highest BCUT2D eigenvalue weighted by atomic mass is 32.2. The molecule has 0 saturated carbocycles. The average molecular weight is 455 g/mol. The van der Waals surface area contributed by atoms with Gasteiger partial charge in [-0.1, -0.05) is 6.92 Å². The zero-order valence-electron chi connectivity index (χ0n) is 18.0. The molecule has 0 radical (unpaired) electrons. The van der Waals surface area contributed by atoms with E-state index in [1.807, 2.05) is 13.8 Å². The number of carbonyl (C=O) groups excluding carboxylic acids is 2. The Kier molecular flexibility index (Phi) is 7.77. The van der Waals surface area contributed by atoms with E-state index < -0.39 is 21.9 Å². The van der Waals surface area contributed by atoms with Crippen LogP contribution in [-0.2, 0) is 24.3 Å². The fourth-order valence-corrected chi connectivity index (χ4v) is 4.94. The molecule has 0 spiro atoms. The predicted octanol–water partition coefficient (Wildman–Crippen LogP) is 1.71. The van der Waals surface area contributed by atoms with Crippen molar-refractivity contribution in [1.29, 1.82) is 0 Å². The van der Waals surface area contributed by atoms with Crippen LogP contribution in [0, 0.1) is 5.92 Å². The molecule has 1 aromatic rings. The number of esters is 1. The fraction of sp³-hybridized carbons (Fsp3) is 0.619. The summed E-state index contributed by atoms with van der Waals surface area (Å²) in [5.41, 5.74) is 0. The number of carbonyl (C=O) groups is 2. The van der Waals surface area contributed by atoms with Gasteiger partial charge in [-0.15, -0.1) is 0 Å². The molecule has 0 bridgehead atoms. The van der Waals surface area contributed by atoms with Gasteiger partial charge in [-0.3, -0.25) is 9.59 Å². The molecule has 2 aliphatic heterocycles. The summed E-state index contributed by atoms with van der Waals surface area (Å²) in [5, 5.41) is 2.74. The van der Waals surface area contributed by atoms with Crippen LogP contribution < -0.4 is 14.8 Å². The molecule has 0 aliphatic carbocycles. The van der Waals surface area contributed by atoms with Crippen LogP contribution in [0.4, 0.5) is 0 Å². The number of benzene rings is 1. The number of nitrogens with one attached hydrogen (secondary N) is 1. The number of fused-ring (bicyclic) bond motifs is 1. The molecule has 1 fully saturated rings. The summed E-state index contributed by atoms with van der Waals surface area (Å²) in [6, 6.07) is 4.64. The third-order valence-corrected chi connectivity index (χ3v) is 7.40. The number of hydrogen-bond acceptors (Lipinski definition) is 7. The Balaban J connectivity index is 1.54. The summed E-state index contributed by atoms with van der Waals surface area (Å²) in [5.74, 6) is -0.265. The molecule has 3 rings (SSSR count). The quantitative estimate of drug-likeness (QED) is 0.624. The summed E-state index contributed by atoms with van der Waals surface area (Å²) < 4.78 is 43.7. The van der Waals surface area contributed by atoms with Gasteiger partial charge in [0.1, 0.15) is 0 Å². The number of amides is 1. The fourth-order valence-electron chi connectivity index (χ4n) is 3.46. The van der Waals surface area contributed by atoms with Gasteiger partial charge in [0.2, 0.25) is 10.0 Å². The maximum Gasteiger partial charge on any atom is 0.309 e. The topological polar surface area (TPSA) is 111 Å². The maximum atomic E-state index is 13.0. The Hall–Kier alpha value is -2.33. The average Bonchev–Trinajstić information content (AvgIpc) is 3.02. The van der Waals surface area contributed by atoms with Crippen molar-refractivity contribution < 1.29 is 32.2 Å². The second-order valence-corrected chi connectivity index (χ2v) is 9.76. The van der Waals surface area contributed by atoms with Crippen LogP contribution in [0.2, 0.25) is 0 Å². The van der Waals surface area contributed by atoms with E-state index in [4.69, 9.17) is 14.2 Å². The van der Waals surface area contributed by atoms with Gasteiger partial charge in [0, 0.05) is 31.6 Å². The lowest BCUT2D eigenvalue weighted by atomic mass is 9.98. The normalized spacial score (nSPS) is 18.6. The van der Waals surface area contributed by atoms with Crippen LogP contribution in [0.3, 0.4) is 0 Å². The predicted molar refractivity (Wildman–Crippen MR) is 112 cm³/mol. The third kappa shape index (κ3) is 5.88. The zero-order chi connectivity index (χ0) is 22.4. The second-order valence-electron chi connectivity index (χ2n) is 7.82. The molecule has 10 heteroatoms. The van der Waals surface area contributed by atoms with Crippen molar-refractivity contribution in [3.05, 3.63) is 18.2 Å². The van der Waals surface area contributed by atoms with Crippen molar-refractivity contribution in [2.45, 2.75) is 50.5 Å². The standard InChI is InChI=1S/C21H30N2O7S/c1-3-15(2)22-20(24)14-30-21(25)16-7-9-23(10-8-16)31(26,27)17-5-6-18-19(13-17)29-12-4-11-28-18/h5-6,13,15-16H,3-4,7-12,14H2,1-2H3,(H,22,24). The van der Waals surface area contributed by atoms with Gasteiger partial charge in [0.05, 0.1) is 24.0 Å². The SMILES string of the molecule is CCC(C)NC(=O)COC(=O)C1CCN(S(=O)(=O)c2ccc3c(c2)OCCCO3)CC1. The summed E-state index contributed by atoms with van der Waals surface area (Å²) in [4.78, 5) is 24.2. The molecular formula is C21H30N2O7S. The molecule has 172 valence electrons. The first-order chi connectivity index (χ1) is 14.8. The van der Waals surface area contributed by atoms with Gasteiger partial charge in [0.25, 0.3) is 5.91 Å². The van der Waals surface area contributed by atoms with Gasteiger partial charge in [-0.25, -0.2) is 8.42 Å². The van der Waals surface area contributed by atoms with Gasteiger partial charge < -0.3 is 19.5 Å². The Morgan fingerprint density at radius 3 is 2.55 bits per heavy atom. The molecule has 1 unspecified atom stereocenters.